The molecule has 2 aromatic carbocycles. The topological polar surface area (TPSA) is 92.7 Å². The summed E-state index contributed by atoms with van der Waals surface area (Å²) in [5.41, 5.74) is 0.730. The summed E-state index contributed by atoms with van der Waals surface area (Å²) in [7, 11) is -2.54. The van der Waals surface area contributed by atoms with Crippen LogP contribution in [0.5, 0.6) is 5.75 Å². The maximum atomic E-state index is 12.4. The number of carboxylic acid groups (broad SMARTS) is 1. The molecule has 0 aliphatic rings. The van der Waals surface area contributed by atoms with Crippen LogP contribution in [-0.4, -0.2) is 32.6 Å². The predicted octanol–water partition coefficient (Wildman–Crippen LogP) is 1.67. The van der Waals surface area contributed by atoms with Gasteiger partial charge in [-0.15, -0.1) is 0 Å². The Hall–Kier alpha value is -2.38. The van der Waals surface area contributed by atoms with Crippen LogP contribution in [0.3, 0.4) is 0 Å². The molecule has 0 fully saturated rings. The average molecular weight is 335 g/mol. The molecule has 0 heterocycles. The highest BCUT2D eigenvalue weighted by Gasteiger charge is 2.25. The Balaban J connectivity index is 2.22. The molecule has 1 atom stereocenters. The van der Waals surface area contributed by atoms with E-state index >= 15 is 0 Å². The number of benzene rings is 2. The zero-order valence-corrected chi connectivity index (χ0v) is 13.3. The minimum atomic E-state index is -3.97. The number of rotatable bonds is 7. The molecule has 0 aliphatic carbocycles. The molecule has 6 nitrogen and oxygen atoms in total. The first-order valence-corrected chi connectivity index (χ1v) is 8.34. The highest BCUT2D eigenvalue weighted by atomic mass is 32.2. The van der Waals surface area contributed by atoms with Gasteiger partial charge in [0, 0.05) is 6.07 Å². The molecule has 0 aromatic heterocycles. The van der Waals surface area contributed by atoms with Crippen molar-refractivity contribution in [3.63, 3.8) is 0 Å². The highest BCUT2D eigenvalue weighted by molar-refractivity contribution is 7.89. The van der Waals surface area contributed by atoms with Crippen molar-refractivity contribution in [2.24, 2.45) is 0 Å². The third-order valence-corrected chi connectivity index (χ3v) is 4.70. The SMILES string of the molecule is COc1cccc(S(=O)(=O)NC(Cc2ccccc2)C(=O)O)c1. The van der Waals surface area contributed by atoms with Gasteiger partial charge in [-0.1, -0.05) is 36.4 Å². The normalized spacial score (nSPS) is 12.6. The second kappa shape index (κ2) is 7.26. The van der Waals surface area contributed by atoms with Gasteiger partial charge in [-0.3, -0.25) is 4.79 Å². The Morgan fingerprint density at radius 2 is 1.87 bits per heavy atom. The van der Waals surface area contributed by atoms with Crippen LogP contribution >= 0.6 is 0 Å². The Morgan fingerprint density at radius 3 is 2.48 bits per heavy atom. The molecule has 2 N–H and O–H groups in total. The van der Waals surface area contributed by atoms with Gasteiger partial charge < -0.3 is 9.84 Å². The van der Waals surface area contributed by atoms with Crippen LogP contribution in [0.4, 0.5) is 0 Å². The minimum absolute atomic E-state index is 0.0452. The van der Waals surface area contributed by atoms with E-state index in [9.17, 15) is 18.3 Å². The first-order chi connectivity index (χ1) is 10.9. The van der Waals surface area contributed by atoms with E-state index in [0.29, 0.717) is 5.75 Å². The largest absolute Gasteiger partial charge is 0.497 e. The second-order valence-corrected chi connectivity index (χ2v) is 6.59. The lowest BCUT2D eigenvalue weighted by Gasteiger charge is -2.15. The minimum Gasteiger partial charge on any atom is -0.497 e. The van der Waals surface area contributed by atoms with E-state index in [1.807, 2.05) is 0 Å². The molecule has 23 heavy (non-hydrogen) atoms. The molecule has 0 saturated heterocycles. The van der Waals surface area contributed by atoms with Crippen molar-refractivity contribution >= 4 is 16.0 Å². The van der Waals surface area contributed by atoms with Gasteiger partial charge in [0.1, 0.15) is 11.8 Å². The van der Waals surface area contributed by atoms with Crippen molar-refractivity contribution in [1.82, 2.24) is 4.72 Å². The molecule has 0 saturated carbocycles. The van der Waals surface area contributed by atoms with Crippen LogP contribution in [0.2, 0.25) is 0 Å². The van der Waals surface area contributed by atoms with E-state index in [1.165, 1.54) is 25.3 Å². The van der Waals surface area contributed by atoms with Crippen molar-refractivity contribution in [3.8, 4) is 5.75 Å². The fourth-order valence-corrected chi connectivity index (χ4v) is 3.28. The molecule has 122 valence electrons. The van der Waals surface area contributed by atoms with Gasteiger partial charge in [-0.25, -0.2) is 8.42 Å². The quantitative estimate of drug-likeness (QED) is 0.803. The van der Waals surface area contributed by atoms with E-state index < -0.39 is 22.0 Å². The van der Waals surface area contributed by atoms with Crippen LogP contribution in [0.25, 0.3) is 0 Å². The highest BCUT2D eigenvalue weighted by Crippen LogP contribution is 2.17. The van der Waals surface area contributed by atoms with Gasteiger partial charge in [-0.05, 0) is 24.1 Å². The van der Waals surface area contributed by atoms with Crippen molar-refractivity contribution < 1.29 is 23.1 Å². The van der Waals surface area contributed by atoms with Crippen LogP contribution in [0.15, 0.2) is 59.5 Å². The Kier molecular flexibility index (Phi) is 5.36. The fourth-order valence-electron chi connectivity index (χ4n) is 2.05. The monoisotopic (exact) mass is 335 g/mol. The smallest absolute Gasteiger partial charge is 0.322 e. The van der Waals surface area contributed by atoms with Crippen LogP contribution < -0.4 is 9.46 Å². The maximum Gasteiger partial charge on any atom is 0.322 e. The Morgan fingerprint density at radius 1 is 1.17 bits per heavy atom. The molecule has 0 spiro atoms. The summed E-state index contributed by atoms with van der Waals surface area (Å²) in [5.74, 6) is -0.858. The fraction of sp³-hybridized carbons (Fsp3) is 0.188. The summed E-state index contributed by atoms with van der Waals surface area (Å²) < 4.78 is 32.0. The second-order valence-electron chi connectivity index (χ2n) is 4.88. The van der Waals surface area contributed by atoms with Crippen molar-refractivity contribution in [3.05, 3.63) is 60.2 Å². The summed E-state index contributed by atoms with van der Waals surface area (Å²) in [6.07, 6.45) is 0.0549. The molecule has 0 aliphatic heterocycles. The lowest BCUT2D eigenvalue weighted by Crippen LogP contribution is -2.42. The molecule has 1 unspecified atom stereocenters. The summed E-state index contributed by atoms with van der Waals surface area (Å²) in [4.78, 5) is 11.3. The zero-order valence-electron chi connectivity index (χ0n) is 12.5. The molecule has 0 amide bonds. The van der Waals surface area contributed by atoms with Gasteiger partial charge in [-0.2, -0.15) is 4.72 Å². The summed E-state index contributed by atoms with van der Waals surface area (Å²) in [5, 5.41) is 9.29. The number of ether oxygens (including phenoxy) is 1. The molecule has 7 heteroatoms. The van der Waals surface area contributed by atoms with Gasteiger partial charge >= 0.3 is 5.97 Å². The number of sulfonamides is 1. The van der Waals surface area contributed by atoms with Gasteiger partial charge in [0.15, 0.2) is 0 Å². The van der Waals surface area contributed by atoms with Gasteiger partial charge in [0.25, 0.3) is 0 Å². The summed E-state index contributed by atoms with van der Waals surface area (Å²) in [6, 6.07) is 13.4. The molecule has 2 aromatic rings. The van der Waals surface area contributed by atoms with E-state index in [4.69, 9.17) is 4.74 Å². The summed E-state index contributed by atoms with van der Waals surface area (Å²) >= 11 is 0. The summed E-state index contributed by atoms with van der Waals surface area (Å²) in [6.45, 7) is 0. The molecule has 2 rings (SSSR count). The average Bonchev–Trinajstić information content (AvgIpc) is 2.55. The van der Waals surface area contributed by atoms with Gasteiger partial charge in [0.05, 0.1) is 12.0 Å². The number of nitrogens with one attached hydrogen (secondary N) is 1. The number of carbonyl (C=O) groups is 1. The molecule has 0 radical (unpaired) electrons. The van der Waals surface area contributed by atoms with Crippen LogP contribution in [-0.2, 0) is 21.2 Å². The molecular formula is C16H17NO5S. The molecular weight excluding hydrogens is 318 g/mol. The van der Waals surface area contributed by atoms with E-state index in [1.54, 1.807) is 36.4 Å². The number of hydrogen-bond donors (Lipinski definition) is 2. The van der Waals surface area contributed by atoms with E-state index in [2.05, 4.69) is 4.72 Å². The van der Waals surface area contributed by atoms with Crippen molar-refractivity contribution in [2.75, 3.05) is 7.11 Å². The lowest BCUT2D eigenvalue weighted by atomic mass is 10.1. The van der Waals surface area contributed by atoms with Gasteiger partial charge in [0.2, 0.25) is 10.0 Å². The van der Waals surface area contributed by atoms with E-state index in [0.717, 1.165) is 5.56 Å². The number of methoxy groups -OCH3 is 1. The van der Waals surface area contributed by atoms with E-state index in [-0.39, 0.29) is 11.3 Å². The predicted molar refractivity (Wildman–Crippen MR) is 84.9 cm³/mol. The molecule has 0 bridgehead atoms. The number of hydrogen-bond acceptors (Lipinski definition) is 4. The third-order valence-electron chi connectivity index (χ3n) is 3.23. The van der Waals surface area contributed by atoms with Crippen LogP contribution in [0, 0.1) is 0 Å². The maximum absolute atomic E-state index is 12.4. The van der Waals surface area contributed by atoms with Crippen LogP contribution in [0.1, 0.15) is 5.56 Å². The third kappa shape index (κ3) is 4.54. The Labute approximate surface area is 134 Å². The number of aliphatic carboxylic acids is 1. The Bertz CT molecular complexity index is 774. The lowest BCUT2D eigenvalue weighted by molar-refractivity contribution is -0.138. The zero-order chi connectivity index (χ0) is 16.9. The van der Waals surface area contributed by atoms with Crippen molar-refractivity contribution in [1.29, 1.82) is 0 Å². The first-order valence-electron chi connectivity index (χ1n) is 6.85. The first kappa shape index (κ1) is 17.0. The standard InChI is InChI=1S/C16H17NO5S/c1-22-13-8-5-9-14(11-13)23(20,21)17-15(16(18)19)10-12-6-3-2-4-7-12/h2-9,11,15,17H,10H2,1H3,(H,18,19). The van der Waals surface area contributed by atoms with Crippen molar-refractivity contribution in [2.45, 2.75) is 17.4 Å². The number of carboxylic acids is 1.